The zero-order chi connectivity index (χ0) is 18.1. The van der Waals surface area contributed by atoms with E-state index in [9.17, 15) is 0 Å². The molecule has 0 aliphatic carbocycles. The van der Waals surface area contributed by atoms with Crippen LogP contribution in [0.4, 0.5) is 17.6 Å². The molecule has 3 N–H and O–H groups in total. The van der Waals surface area contributed by atoms with Crippen molar-refractivity contribution in [3.8, 4) is 29.0 Å². The minimum atomic E-state index is 0.146. The third-order valence-corrected chi connectivity index (χ3v) is 3.79. The summed E-state index contributed by atoms with van der Waals surface area (Å²) >= 11 is 0. The third-order valence-electron chi connectivity index (χ3n) is 3.79. The van der Waals surface area contributed by atoms with E-state index in [1.54, 1.807) is 43.5 Å². The van der Waals surface area contributed by atoms with Gasteiger partial charge in [0.1, 0.15) is 0 Å². The molecule has 0 saturated heterocycles. The van der Waals surface area contributed by atoms with Crippen molar-refractivity contribution in [2.75, 3.05) is 25.0 Å². The highest BCUT2D eigenvalue weighted by Gasteiger charge is 2.21. The van der Waals surface area contributed by atoms with Gasteiger partial charge in [-0.05, 0) is 24.3 Å². The van der Waals surface area contributed by atoms with Crippen molar-refractivity contribution in [2.45, 2.75) is 0 Å². The Morgan fingerprint density at radius 1 is 1.27 bits per heavy atom. The summed E-state index contributed by atoms with van der Waals surface area (Å²) in [4.78, 5) is 4.21. The van der Waals surface area contributed by atoms with Gasteiger partial charge in [-0.3, -0.25) is 0 Å². The van der Waals surface area contributed by atoms with Crippen molar-refractivity contribution < 1.29 is 14.2 Å². The number of aromatic nitrogens is 3. The minimum Gasteiger partial charge on any atom is -0.493 e. The first-order chi connectivity index (χ1) is 12.7. The quantitative estimate of drug-likeness (QED) is 0.735. The Labute approximate surface area is 148 Å². The molecule has 130 valence electrons. The van der Waals surface area contributed by atoms with Gasteiger partial charge >= 0.3 is 0 Å². The molecule has 0 spiro atoms. The lowest BCUT2D eigenvalue weighted by atomic mass is 10.2. The SMILES string of the molecule is COc1cc(Nc2nc(N)n(-c3ccc(C#N)cc3)n2)cc2c1OCO2. The number of nitrogen functional groups attached to an aromatic ring is 1. The van der Waals surface area contributed by atoms with Gasteiger partial charge in [-0.15, -0.1) is 5.10 Å². The fourth-order valence-corrected chi connectivity index (χ4v) is 2.58. The van der Waals surface area contributed by atoms with E-state index in [1.165, 1.54) is 4.68 Å². The van der Waals surface area contributed by atoms with Crippen molar-refractivity contribution in [1.82, 2.24) is 14.8 Å². The summed E-state index contributed by atoms with van der Waals surface area (Å²) in [7, 11) is 1.55. The van der Waals surface area contributed by atoms with Crippen LogP contribution in [0, 0.1) is 11.3 Å². The van der Waals surface area contributed by atoms with E-state index in [0.29, 0.717) is 40.1 Å². The fraction of sp³-hybridized carbons (Fsp3) is 0.118. The van der Waals surface area contributed by atoms with Gasteiger partial charge in [0.2, 0.25) is 24.4 Å². The molecular formula is C17H14N6O3. The number of nitrogens with one attached hydrogen (secondary N) is 1. The molecule has 2 heterocycles. The van der Waals surface area contributed by atoms with E-state index in [2.05, 4.69) is 21.5 Å². The molecule has 1 aliphatic rings. The van der Waals surface area contributed by atoms with Gasteiger partial charge in [-0.25, -0.2) is 0 Å². The number of ether oxygens (including phenoxy) is 3. The smallest absolute Gasteiger partial charge is 0.248 e. The molecule has 0 fully saturated rings. The first kappa shape index (κ1) is 15.6. The molecule has 4 rings (SSSR count). The molecule has 0 bridgehead atoms. The molecule has 1 aliphatic heterocycles. The molecule has 0 amide bonds. The van der Waals surface area contributed by atoms with E-state index >= 15 is 0 Å². The van der Waals surface area contributed by atoms with Crippen LogP contribution in [-0.2, 0) is 0 Å². The molecule has 0 atom stereocenters. The van der Waals surface area contributed by atoms with Crippen LogP contribution in [0.5, 0.6) is 17.2 Å². The molecule has 0 unspecified atom stereocenters. The number of hydrogen-bond donors (Lipinski definition) is 2. The summed E-state index contributed by atoms with van der Waals surface area (Å²) in [6, 6.07) is 12.5. The number of benzene rings is 2. The molecule has 1 aromatic heterocycles. The minimum absolute atomic E-state index is 0.146. The second-order valence-corrected chi connectivity index (χ2v) is 5.40. The first-order valence-corrected chi connectivity index (χ1v) is 7.65. The number of rotatable bonds is 4. The van der Waals surface area contributed by atoms with Gasteiger partial charge in [0.25, 0.3) is 0 Å². The Morgan fingerprint density at radius 3 is 2.81 bits per heavy atom. The van der Waals surface area contributed by atoms with Gasteiger partial charge in [0.05, 0.1) is 24.4 Å². The van der Waals surface area contributed by atoms with Crippen LogP contribution in [-0.4, -0.2) is 28.7 Å². The zero-order valence-electron chi connectivity index (χ0n) is 13.8. The predicted molar refractivity (Wildman–Crippen MR) is 92.9 cm³/mol. The second-order valence-electron chi connectivity index (χ2n) is 5.40. The summed E-state index contributed by atoms with van der Waals surface area (Å²) in [6.45, 7) is 0.146. The van der Waals surface area contributed by atoms with Gasteiger partial charge < -0.3 is 25.3 Å². The summed E-state index contributed by atoms with van der Waals surface area (Å²) < 4.78 is 17.6. The van der Waals surface area contributed by atoms with Crippen LogP contribution >= 0.6 is 0 Å². The maximum absolute atomic E-state index is 8.88. The maximum Gasteiger partial charge on any atom is 0.248 e. The van der Waals surface area contributed by atoms with Crippen LogP contribution in [0.2, 0.25) is 0 Å². The number of nitrogens with two attached hydrogens (primary N) is 1. The van der Waals surface area contributed by atoms with E-state index in [4.69, 9.17) is 25.2 Å². The lowest BCUT2D eigenvalue weighted by molar-refractivity contribution is 0.171. The largest absolute Gasteiger partial charge is 0.493 e. The lowest BCUT2D eigenvalue weighted by Crippen LogP contribution is -2.02. The monoisotopic (exact) mass is 350 g/mol. The van der Waals surface area contributed by atoms with Crippen LogP contribution in [0.25, 0.3) is 5.69 Å². The number of fused-ring (bicyclic) bond motifs is 1. The Morgan fingerprint density at radius 2 is 2.08 bits per heavy atom. The summed E-state index contributed by atoms with van der Waals surface area (Å²) in [5, 5.41) is 16.3. The maximum atomic E-state index is 8.88. The molecule has 9 nitrogen and oxygen atoms in total. The molecule has 9 heteroatoms. The highest BCUT2D eigenvalue weighted by Crippen LogP contribution is 2.43. The second kappa shape index (κ2) is 6.18. The average molecular weight is 350 g/mol. The molecular weight excluding hydrogens is 336 g/mol. The molecule has 3 aromatic rings. The van der Waals surface area contributed by atoms with Gasteiger partial charge in [0, 0.05) is 17.8 Å². The van der Waals surface area contributed by atoms with E-state index in [0.717, 1.165) is 0 Å². The topological polar surface area (TPSA) is 120 Å². The number of hydrogen-bond acceptors (Lipinski definition) is 8. The summed E-state index contributed by atoms with van der Waals surface area (Å²) in [6.07, 6.45) is 0. The molecule has 0 radical (unpaired) electrons. The fourth-order valence-electron chi connectivity index (χ4n) is 2.58. The van der Waals surface area contributed by atoms with E-state index in [1.807, 2.05) is 0 Å². The van der Waals surface area contributed by atoms with E-state index in [-0.39, 0.29) is 12.7 Å². The highest BCUT2D eigenvalue weighted by atomic mass is 16.7. The van der Waals surface area contributed by atoms with Crippen LogP contribution in [0.15, 0.2) is 36.4 Å². The van der Waals surface area contributed by atoms with Gasteiger partial charge in [0.15, 0.2) is 11.5 Å². The van der Waals surface area contributed by atoms with Gasteiger partial charge in [-0.1, -0.05) is 0 Å². The van der Waals surface area contributed by atoms with Crippen LogP contribution in [0.1, 0.15) is 5.56 Å². The molecule has 0 saturated carbocycles. The van der Waals surface area contributed by atoms with Crippen LogP contribution < -0.4 is 25.3 Å². The Bertz CT molecular complexity index is 1010. The van der Waals surface area contributed by atoms with Crippen molar-refractivity contribution in [3.05, 3.63) is 42.0 Å². The van der Waals surface area contributed by atoms with Crippen LogP contribution in [0.3, 0.4) is 0 Å². The van der Waals surface area contributed by atoms with Gasteiger partial charge in [-0.2, -0.15) is 14.9 Å². The lowest BCUT2D eigenvalue weighted by Gasteiger charge is -2.08. The molecule has 2 aromatic carbocycles. The first-order valence-electron chi connectivity index (χ1n) is 7.65. The number of anilines is 3. The summed E-state index contributed by atoms with van der Waals surface area (Å²) in [5.74, 6) is 2.21. The predicted octanol–water partition coefficient (Wildman–Crippen LogP) is 2.20. The highest BCUT2D eigenvalue weighted by molar-refractivity contribution is 5.66. The third kappa shape index (κ3) is 2.69. The Kier molecular flexibility index (Phi) is 3.70. The van der Waals surface area contributed by atoms with E-state index < -0.39 is 0 Å². The number of methoxy groups -OCH3 is 1. The standard InChI is InChI=1S/C17H14N6O3/c1-24-13-6-11(7-14-15(13)26-9-25-14)20-17-21-16(19)23(22-17)12-4-2-10(8-18)3-5-12/h2-7H,9H2,1H3,(H3,19,20,21,22). The molecule has 26 heavy (non-hydrogen) atoms. The van der Waals surface area contributed by atoms with Crippen molar-refractivity contribution >= 4 is 17.6 Å². The van der Waals surface area contributed by atoms with Crippen molar-refractivity contribution in [3.63, 3.8) is 0 Å². The number of nitriles is 1. The number of nitrogens with zero attached hydrogens (tertiary/aromatic N) is 4. The van der Waals surface area contributed by atoms with Crippen molar-refractivity contribution in [2.24, 2.45) is 0 Å². The van der Waals surface area contributed by atoms with Crippen molar-refractivity contribution in [1.29, 1.82) is 5.26 Å². The Balaban J connectivity index is 1.63. The Hall–Kier alpha value is -3.93. The summed E-state index contributed by atoms with van der Waals surface area (Å²) in [5.41, 5.74) is 7.88. The average Bonchev–Trinajstić information content (AvgIpc) is 3.27. The zero-order valence-corrected chi connectivity index (χ0v) is 13.8. The normalized spacial score (nSPS) is 11.8.